The molecule has 0 bridgehead atoms. The molecule has 0 spiro atoms. The minimum absolute atomic E-state index is 0.0386. The fraction of sp³-hybridized carbons (Fsp3) is 0.125. The van der Waals surface area contributed by atoms with Crippen molar-refractivity contribution in [3.8, 4) is 22.9 Å². The summed E-state index contributed by atoms with van der Waals surface area (Å²) < 4.78 is 12.1. The number of aromatic carboxylic acids is 1. The number of nitrogens with zero attached hydrogens (tertiary/aromatic N) is 2. The first-order valence-electron chi connectivity index (χ1n) is 6.74. The van der Waals surface area contributed by atoms with Crippen LogP contribution in [0.1, 0.15) is 16.1 Å². The van der Waals surface area contributed by atoms with Crippen LogP contribution in [0.25, 0.3) is 17.1 Å². The maximum Gasteiger partial charge on any atom is 0.356 e. The molecule has 3 aromatic rings. The minimum atomic E-state index is -1.10. The van der Waals surface area contributed by atoms with Gasteiger partial charge >= 0.3 is 5.97 Å². The van der Waals surface area contributed by atoms with E-state index >= 15 is 0 Å². The highest BCUT2D eigenvalue weighted by atomic mass is 35.5. The van der Waals surface area contributed by atoms with Gasteiger partial charge in [0.2, 0.25) is 0 Å². The van der Waals surface area contributed by atoms with E-state index in [-0.39, 0.29) is 10.9 Å². The van der Waals surface area contributed by atoms with Crippen molar-refractivity contribution in [1.82, 2.24) is 9.78 Å². The van der Waals surface area contributed by atoms with Crippen LogP contribution in [0.4, 0.5) is 0 Å². The first-order valence-corrected chi connectivity index (χ1v) is 7.12. The van der Waals surface area contributed by atoms with Gasteiger partial charge in [-0.2, -0.15) is 5.10 Å². The number of aromatic nitrogens is 2. The zero-order chi connectivity index (χ0) is 16.6. The second-order valence-electron chi connectivity index (χ2n) is 4.84. The molecule has 0 fully saturated rings. The van der Waals surface area contributed by atoms with Crippen molar-refractivity contribution >= 4 is 17.6 Å². The number of hydrogen-bond acceptors (Lipinski definition) is 4. The zero-order valence-electron chi connectivity index (χ0n) is 12.4. The van der Waals surface area contributed by atoms with Gasteiger partial charge < -0.3 is 14.3 Å². The number of halogens is 1. The highest BCUT2D eigenvalue weighted by Gasteiger charge is 2.23. The monoisotopic (exact) mass is 332 g/mol. The van der Waals surface area contributed by atoms with E-state index in [2.05, 4.69) is 5.10 Å². The second kappa shape index (κ2) is 5.81. The number of methoxy groups -OCH3 is 1. The van der Waals surface area contributed by atoms with Crippen molar-refractivity contribution in [2.24, 2.45) is 0 Å². The van der Waals surface area contributed by atoms with E-state index in [0.29, 0.717) is 28.5 Å². The third-order valence-electron chi connectivity index (χ3n) is 3.45. The number of rotatable bonds is 4. The fourth-order valence-electron chi connectivity index (χ4n) is 2.34. The lowest BCUT2D eigenvalue weighted by molar-refractivity contribution is 0.0689. The summed E-state index contributed by atoms with van der Waals surface area (Å²) in [6.07, 6.45) is 0. The number of ether oxygens (including phenoxy) is 1. The Bertz CT molecular complexity index is 865. The van der Waals surface area contributed by atoms with Crippen LogP contribution in [0, 0.1) is 6.92 Å². The van der Waals surface area contributed by atoms with Crippen molar-refractivity contribution in [2.45, 2.75) is 6.92 Å². The topological polar surface area (TPSA) is 77.5 Å². The lowest BCUT2D eigenvalue weighted by Crippen LogP contribution is -2.02. The summed E-state index contributed by atoms with van der Waals surface area (Å²) in [5.74, 6) is 0.0376. The van der Waals surface area contributed by atoms with Crippen molar-refractivity contribution in [2.75, 3.05) is 7.11 Å². The molecule has 0 saturated carbocycles. The Kier molecular flexibility index (Phi) is 3.83. The molecule has 118 valence electrons. The number of hydrogen-bond donors (Lipinski definition) is 1. The molecule has 0 saturated heterocycles. The van der Waals surface area contributed by atoms with Crippen molar-refractivity contribution in [3.05, 3.63) is 52.9 Å². The van der Waals surface area contributed by atoms with Gasteiger partial charge in [-0.1, -0.05) is 0 Å². The van der Waals surface area contributed by atoms with Gasteiger partial charge in [-0.05, 0) is 54.9 Å². The van der Waals surface area contributed by atoms with E-state index in [9.17, 15) is 9.90 Å². The summed E-state index contributed by atoms with van der Waals surface area (Å²) in [4.78, 5) is 11.4. The van der Waals surface area contributed by atoms with Crippen LogP contribution >= 0.6 is 11.6 Å². The molecule has 2 heterocycles. The summed E-state index contributed by atoms with van der Waals surface area (Å²) in [5.41, 5.74) is 1.69. The Hall–Kier alpha value is -2.73. The summed E-state index contributed by atoms with van der Waals surface area (Å²) in [7, 11) is 1.58. The van der Waals surface area contributed by atoms with E-state index in [1.165, 1.54) is 4.68 Å². The molecule has 7 heteroatoms. The lowest BCUT2D eigenvalue weighted by atomic mass is 10.1. The smallest absolute Gasteiger partial charge is 0.356 e. The molecule has 3 rings (SSSR count). The molecule has 0 atom stereocenters. The van der Waals surface area contributed by atoms with Crippen molar-refractivity contribution in [3.63, 3.8) is 0 Å². The molecule has 0 aliphatic rings. The average molecular weight is 333 g/mol. The van der Waals surface area contributed by atoms with Gasteiger partial charge in [0.25, 0.3) is 0 Å². The molecule has 23 heavy (non-hydrogen) atoms. The van der Waals surface area contributed by atoms with Crippen LogP contribution in [-0.2, 0) is 0 Å². The number of carbonyl (C=O) groups is 1. The van der Waals surface area contributed by atoms with E-state index in [0.717, 1.165) is 0 Å². The molecule has 2 aromatic heterocycles. The van der Waals surface area contributed by atoms with Crippen LogP contribution in [0.5, 0.6) is 5.75 Å². The fourth-order valence-corrected chi connectivity index (χ4v) is 2.49. The molecular formula is C16H13ClN2O4. The van der Waals surface area contributed by atoms with Gasteiger partial charge in [-0.25, -0.2) is 9.48 Å². The standard InChI is InChI=1S/C16H13ClN2O4/c1-9-14(16(20)21)18-19(10-3-5-11(22-2)6-4-10)15(9)12-7-8-13(17)23-12/h3-8H,1-2H3,(H,20,21). The molecule has 0 aliphatic carbocycles. The Labute approximate surface area is 136 Å². The Balaban J connectivity index is 2.21. The van der Waals surface area contributed by atoms with Gasteiger partial charge in [0.15, 0.2) is 16.7 Å². The average Bonchev–Trinajstić information content (AvgIpc) is 3.10. The van der Waals surface area contributed by atoms with Crippen molar-refractivity contribution in [1.29, 1.82) is 0 Å². The highest BCUT2D eigenvalue weighted by Crippen LogP contribution is 2.31. The van der Waals surface area contributed by atoms with E-state index in [1.807, 2.05) is 0 Å². The van der Waals surface area contributed by atoms with Crippen LogP contribution in [0.15, 0.2) is 40.8 Å². The maximum absolute atomic E-state index is 11.4. The summed E-state index contributed by atoms with van der Waals surface area (Å²) >= 11 is 5.84. The SMILES string of the molecule is COc1ccc(-n2nc(C(=O)O)c(C)c2-c2ccc(Cl)o2)cc1. The Morgan fingerprint density at radius 3 is 2.48 bits per heavy atom. The predicted octanol–water partition coefficient (Wildman–Crippen LogP) is 3.80. The predicted molar refractivity (Wildman–Crippen MR) is 84.5 cm³/mol. The first kappa shape index (κ1) is 15.2. The quantitative estimate of drug-likeness (QED) is 0.786. The minimum Gasteiger partial charge on any atom is -0.497 e. The molecule has 0 amide bonds. The second-order valence-corrected chi connectivity index (χ2v) is 5.21. The number of benzene rings is 1. The molecule has 1 aromatic carbocycles. The van der Waals surface area contributed by atoms with Crippen LogP contribution in [-0.4, -0.2) is 28.0 Å². The molecule has 0 aliphatic heterocycles. The number of carboxylic acid groups (broad SMARTS) is 1. The molecule has 6 nitrogen and oxygen atoms in total. The van der Waals surface area contributed by atoms with Gasteiger partial charge in [0.05, 0.1) is 12.8 Å². The first-order chi connectivity index (χ1) is 11.0. The van der Waals surface area contributed by atoms with Crippen molar-refractivity contribution < 1.29 is 19.1 Å². The van der Waals surface area contributed by atoms with E-state index in [1.54, 1.807) is 50.4 Å². The zero-order valence-corrected chi connectivity index (χ0v) is 13.2. The maximum atomic E-state index is 11.4. The Morgan fingerprint density at radius 1 is 1.26 bits per heavy atom. The van der Waals surface area contributed by atoms with E-state index in [4.69, 9.17) is 20.8 Å². The molecule has 0 radical (unpaired) electrons. The summed E-state index contributed by atoms with van der Waals surface area (Å²) in [6, 6.07) is 10.4. The molecule has 1 N–H and O–H groups in total. The largest absolute Gasteiger partial charge is 0.497 e. The summed E-state index contributed by atoms with van der Waals surface area (Å²) in [6.45, 7) is 1.68. The third kappa shape index (κ3) is 2.68. The lowest BCUT2D eigenvalue weighted by Gasteiger charge is -2.07. The number of furan rings is 1. The van der Waals surface area contributed by atoms with Gasteiger partial charge in [-0.3, -0.25) is 0 Å². The highest BCUT2D eigenvalue weighted by molar-refractivity contribution is 6.29. The van der Waals surface area contributed by atoms with E-state index < -0.39 is 5.97 Å². The summed E-state index contributed by atoms with van der Waals surface area (Å²) in [5, 5.41) is 13.7. The number of carboxylic acids is 1. The van der Waals surface area contributed by atoms with Crippen LogP contribution < -0.4 is 4.74 Å². The van der Waals surface area contributed by atoms with Crippen LogP contribution in [0.3, 0.4) is 0 Å². The Morgan fingerprint density at radius 2 is 1.96 bits per heavy atom. The normalized spacial score (nSPS) is 10.7. The van der Waals surface area contributed by atoms with Gasteiger partial charge in [0, 0.05) is 5.56 Å². The molecular weight excluding hydrogens is 320 g/mol. The van der Waals surface area contributed by atoms with Gasteiger partial charge in [-0.15, -0.1) is 0 Å². The molecule has 0 unspecified atom stereocenters. The van der Waals surface area contributed by atoms with Crippen LogP contribution in [0.2, 0.25) is 5.22 Å². The third-order valence-corrected chi connectivity index (χ3v) is 3.65. The van der Waals surface area contributed by atoms with Gasteiger partial charge in [0.1, 0.15) is 11.4 Å².